The van der Waals surface area contributed by atoms with Crippen LogP contribution in [-0.4, -0.2) is 24.7 Å². The zero-order valence-electron chi connectivity index (χ0n) is 16.9. The third-order valence-corrected chi connectivity index (χ3v) is 5.07. The Morgan fingerprint density at radius 2 is 1.94 bits per heavy atom. The van der Waals surface area contributed by atoms with Gasteiger partial charge in [-0.25, -0.2) is 9.97 Å². The highest BCUT2D eigenvalue weighted by Gasteiger charge is 2.19. The molecule has 0 aliphatic carbocycles. The molecule has 0 fully saturated rings. The second-order valence-electron chi connectivity index (χ2n) is 7.22. The summed E-state index contributed by atoms with van der Waals surface area (Å²) < 4.78 is 7.78. The minimum atomic E-state index is 0.379. The molecule has 7 heteroatoms. The van der Waals surface area contributed by atoms with Crippen LogP contribution in [0.2, 0.25) is 0 Å². The average Bonchev–Trinajstić information content (AvgIpc) is 3.43. The number of aromatic nitrogens is 5. The molecule has 1 aromatic carbocycles. The molecule has 0 aliphatic heterocycles. The number of pyridine rings is 1. The van der Waals surface area contributed by atoms with E-state index in [9.17, 15) is 0 Å². The molecule has 0 saturated carbocycles. The van der Waals surface area contributed by atoms with Crippen LogP contribution in [0.15, 0.2) is 71.8 Å². The number of rotatable bonds is 5. The maximum atomic E-state index is 8.99. The second-order valence-corrected chi connectivity index (χ2v) is 7.22. The highest BCUT2D eigenvalue weighted by Crippen LogP contribution is 2.36. The maximum Gasteiger partial charge on any atom is 0.230 e. The van der Waals surface area contributed by atoms with Crippen LogP contribution >= 0.6 is 0 Å². The fourth-order valence-electron chi connectivity index (χ4n) is 3.52. The first kappa shape index (κ1) is 18.7. The molecule has 0 spiro atoms. The highest BCUT2D eigenvalue weighted by molar-refractivity contribution is 5.95. The summed E-state index contributed by atoms with van der Waals surface area (Å²) in [4.78, 5) is 13.1. The van der Waals surface area contributed by atoms with Gasteiger partial charge in [0, 0.05) is 35.3 Å². The first-order chi connectivity index (χ1) is 15.2. The lowest BCUT2D eigenvalue weighted by molar-refractivity contribution is 0.617. The van der Waals surface area contributed by atoms with Gasteiger partial charge < -0.3 is 4.42 Å². The number of furan rings is 1. The number of benzene rings is 1. The van der Waals surface area contributed by atoms with Crippen molar-refractivity contribution in [3.8, 4) is 39.9 Å². The minimum absolute atomic E-state index is 0.379. The summed E-state index contributed by atoms with van der Waals surface area (Å²) in [6.45, 7) is 2.56. The van der Waals surface area contributed by atoms with Crippen LogP contribution in [0, 0.1) is 18.3 Å². The van der Waals surface area contributed by atoms with Crippen LogP contribution in [0.4, 0.5) is 0 Å². The standard InChI is InChI=1S/C24H18N6O/c1-16-5-7-17(8-6-16)22-20(14-30(29-22)11-3-9-25)23-19-12-21(18-4-2-10-26-13-18)31-24(19)28-15-27-23/h2,4-8,10,12-15H,3,11H2,1H3. The molecule has 0 aliphatic rings. The van der Waals surface area contributed by atoms with Crippen molar-refractivity contribution in [1.29, 1.82) is 5.26 Å². The van der Waals surface area contributed by atoms with E-state index in [1.807, 2.05) is 36.5 Å². The molecule has 31 heavy (non-hydrogen) atoms. The molecule has 5 aromatic rings. The van der Waals surface area contributed by atoms with Gasteiger partial charge in [0.1, 0.15) is 17.8 Å². The number of aryl methyl sites for hydroxylation is 2. The van der Waals surface area contributed by atoms with Crippen molar-refractivity contribution in [2.24, 2.45) is 0 Å². The van der Waals surface area contributed by atoms with Crippen LogP contribution in [-0.2, 0) is 6.54 Å². The average molecular weight is 406 g/mol. The van der Waals surface area contributed by atoms with Gasteiger partial charge in [-0.05, 0) is 25.1 Å². The third kappa shape index (κ3) is 3.55. The first-order valence-electron chi connectivity index (χ1n) is 9.89. The van der Waals surface area contributed by atoms with E-state index < -0.39 is 0 Å². The molecule has 4 heterocycles. The summed E-state index contributed by atoms with van der Waals surface area (Å²) in [7, 11) is 0. The van der Waals surface area contributed by atoms with Gasteiger partial charge >= 0.3 is 0 Å². The molecule has 0 amide bonds. The summed E-state index contributed by atoms with van der Waals surface area (Å²) in [6.07, 6.45) is 7.29. The Bertz CT molecular complexity index is 1390. The van der Waals surface area contributed by atoms with Gasteiger partial charge in [0.15, 0.2) is 0 Å². The van der Waals surface area contributed by atoms with Crippen molar-refractivity contribution >= 4 is 11.1 Å². The lowest BCUT2D eigenvalue weighted by atomic mass is 10.0. The van der Waals surface area contributed by atoms with Crippen LogP contribution < -0.4 is 0 Å². The number of nitriles is 1. The van der Waals surface area contributed by atoms with E-state index in [4.69, 9.17) is 14.8 Å². The van der Waals surface area contributed by atoms with E-state index in [1.165, 1.54) is 11.9 Å². The van der Waals surface area contributed by atoms with Gasteiger partial charge in [-0.2, -0.15) is 10.4 Å². The third-order valence-electron chi connectivity index (χ3n) is 5.07. The smallest absolute Gasteiger partial charge is 0.230 e. The topological polar surface area (TPSA) is 93.4 Å². The van der Waals surface area contributed by atoms with Crippen molar-refractivity contribution in [3.05, 3.63) is 72.9 Å². The Morgan fingerprint density at radius 3 is 2.71 bits per heavy atom. The zero-order chi connectivity index (χ0) is 21.2. The first-order valence-corrected chi connectivity index (χ1v) is 9.89. The van der Waals surface area contributed by atoms with E-state index in [0.717, 1.165) is 33.5 Å². The lowest BCUT2D eigenvalue weighted by Gasteiger charge is -2.03. The predicted molar refractivity (Wildman–Crippen MR) is 117 cm³/mol. The molecule has 0 radical (unpaired) electrons. The fourth-order valence-corrected chi connectivity index (χ4v) is 3.52. The van der Waals surface area contributed by atoms with E-state index in [2.05, 4.69) is 40.1 Å². The summed E-state index contributed by atoms with van der Waals surface area (Å²) in [5, 5.41) is 14.6. The lowest BCUT2D eigenvalue weighted by Crippen LogP contribution is -1.97. The highest BCUT2D eigenvalue weighted by atomic mass is 16.3. The predicted octanol–water partition coefficient (Wildman–Crippen LogP) is 5.04. The molecular formula is C24H18N6O. The summed E-state index contributed by atoms with van der Waals surface area (Å²) >= 11 is 0. The summed E-state index contributed by atoms with van der Waals surface area (Å²) in [6, 6.07) is 16.1. The largest absolute Gasteiger partial charge is 0.438 e. The summed E-state index contributed by atoms with van der Waals surface area (Å²) in [5.41, 5.74) is 5.95. The Kier molecular flexibility index (Phi) is 4.73. The molecular weight excluding hydrogens is 388 g/mol. The van der Waals surface area contributed by atoms with Gasteiger partial charge in [-0.1, -0.05) is 29.8 Å². The molecule has 0 unspecified atom stereocenters. The fraction of sp³-hybridized carbons (Fsp3) is 0.125. The molecule has 0 N–H and O–H groups in total. The zero-order valence-corrected chi connectivity index (χ0v) is 16.9. The SMILES string of the molecule is Cc1ccc(-c2nn(CCC#N)cc2-c2ncnc3oc(-c4cccnc4)cc23)cc1. The number of fused-ring (bicyclic) bond motifs is 1. The molecule has 4 aromatic heterocycles. The molecule has 150 valence electrons. The Morgan fingerprint density at radius 1 is 1.06 bits per heavy atom. The van der Waals surface area contributed by atoms with Crippen LogP contribution in [0.5, 0.6) is 0 Å². The Hall–Kier alpha value is -4.31. The van der Waals surface area contributed by atoms with Gasteiger partial charge in [0.2, 0.25) is 5.71 Å². The molecule has 7 nitrogen and oxygen atoms in total. The number of hydrogen-bond acceptors (Lipinski definition) is 6. The monoisotopic (exact) mass is 406 g/mol. The Balaban J connectivity index is 1.68. The van der Waals surface area contributed by atoms with Crippen LogP contribution in [0.25, 0.3) is 44.9 Å². The number of nitrogens with zero attached hydrogens (tertiary/aromatic N) is 6. The number of hydrogen-bond donors (Lipinski definition) is 0. The van der Waals surface area contributed by atoms with E-state index in [-0.39, 0.29) is 0 Å². The van der Waals surface area contributed by atoms with Crippen molar-refractivity contribution in [3.63, 3.8) is 0 Å². The van der Waals surface area contributed by atoms with Crippen LogP contribution in [0.3, 0.4) is 0 Å². The molecule has 0 atom stereocenters. The van der Waals surface area contributed by atoms with E-state index >= 15 is 0 Å². The van der Waals surface area contributed by atoms with Crippen LogP contribution in [0.1, 0.15) is 12.0 Å². The van der Waals surface area contributed by atoms with Crippen molar-refractivity contribution in [1.82, 2.24) is 24.7 Å². The van der Waals surface area contributed by atoms with E-state index in [0.29, 0.717) is 24.4 Å². The molecule has 0 saturated heterocycles. The van der Waals surface area contributed by atoms with Crippen molar-refractivity contribution < 1.29 is 4.42 Å². The Labute approximate surface area is 178 Å². The summed E-state index contributed by atoms with van der Waals surface area (Å²) in [5.74, 6) is 0.679. The second kappa shape index (κ2) is 7.84. The van der Waals surface area contributed by atoms with E-state index in [1.54, 1.807) is 17.1 Å². The minimum Gasteiger partial charge on any atom is -0.438 e. The normalized spacial score (nSPS) is 11.0. The molecule has 0 bridgehead atoms. The quantitative estimate of drug-likeness (QED) is 0.406. The van der Waals surface area contributed by atoms with Crippen molar-refractivity contribution in [2.45, 2.75) is 19.9 Å². The maximum absolute atomic E-state index is 8.99. The van der Waals surface area contributed by atoms with Gasteiger partial charge in [-0.15, -0.1) is 0 Å². The van der Waals surface area contributed by atoms with Gasteiger partial charge in [-0.3, -0.25) is 9.67 Å². The van der Waals surface area contributed by atoms with Crippen molar-refractivity contribution in [2.75, 3.05) is 0 Å². The van der Waals surface area contributed by atoms with Gasteiger partial charge in [0.05, 0.1) is 30.1 Å². The molecule has 5 rings (SSSR count). The van der Waals surface area contributed by atoms with Gasteiger partial charge in [0.25, 0.3) is 0 Å².